The minimum atomic E-state index is -0.233. The number of carbonyl (C=O) groups excluding carboxylic acids is 1. The molecular formula is C19H19N7O. The van der Waals surface area contributed by atoms with Crippen LogP contribution in [0, 0.1) is 13.8 Å². The molecule has 0 fully saturated rings. The maximum Gasteiger partial charge on any atom is 0.257 e. The van der Waals surface area contributed by atoms with Crippen molar-refractivity contribution in [1.82, 2.24) is 29.3 Å². The lowest BCUT2D eigenvalue weighted by atomic mass is 10.2. The summed E-state index contributed by atoms with van der Waals surface area (Å²) >= 11 is 0. The molecule has 8 heteroatoms. The Morgan fingerprint density at radius 3 is 2.74 bits per heavy atom. The van der Waals surface area contributed by atoms with Gasteiger partial charge in [-0.05, 0) is 32.0 Å². The average molecular weight is 361 g/mol. The molecule has 1 amide bonds. The van der Waals surface area contributed by atoms with Crippen LogP contribution in [0.25, 0.3) is 11.2 Å². The van der Waals surface area contributed by atoms with Gasteiger partial charge in [0.15, 0.2) is 5.65 Å². The first-order chi connectivity index (χ1) is 13.0. The topological polar surface area (TPSA) is 90.5 Å². The molecule has 0 unspecified atom stereocenters. The summed E-state index contributed by atoms with van der Waals surface area (Å²) in [6, 6.07) is 7.52. The number of amides is 1. The third-order valence-corrected chi connectivity index (χ3v) is 4.52. The summed E-state index contributed by atoms with van der Waals surface area (Å²) in [7, 11) is 1.85. The van der Waals surface area contributed by atoms with Crippen LogP contribution >= 0.6 is 0 Å². The molecule has 0 atom stereocenters. The number of rotatable bonds is 4. The molecule has 1 N–H and O–H groups in total. The van der Waals surface area contributed by atoms with E-state index in [0.717, 1.165) is 22.8 Å². The van der Waals surface area contributed by atoms with Gasteiger partial charge in [0, 0.05) is 19.4 Å². The lowest BCUT2D eigenvalue weighted by Crippen LogP contribution is -2.13. The Labute approximate surface area is 155 Å². The molecule has 0 aromatic carbocycles. The second-order valence-corrected chi connectivity index (χ2v) is 6.38. The minimum absolute atomic E-state index is 0.233. The number of fused-ring (bicyclic) bond motifs is 1. The molecule has 0 saturated heterocycles. The molecule has 0 saturated carbocycles. The van der Waals surface area contributed by atoms with Gasteiger partial charge >= 0.3 is 0 Å². The predicted molar refractivity (Wildman–Crippen MR) is 102 cm³/mol. The van der Waals surface area contributed by atoms with Gasteiger partial charge in [0.25, 0.3) is 5.91 Å². The number of imidazole rings is 1. The normalized spacial score (nSPS) is 11.1. The molecule has 27 heavy (non-hydrogen) atoms. The first-order valence-corrected chi connectivity index (χ1v) is 8.55. The maximum absolute atomic E-state index is 12.6. The van der Waals surface area contributed by atoms with Crippen LogP contribution in [0.15, 0.2) is 43.0 Å². The molecule has 136 valence electrons. The molecule has 4 aromatic heterocycles. The van der Waals surface area contributed by atoms with Gasteiger partial charge in [-0.1, -0.05) is 6.07 Å². The van der Waals surface area contributed by atoms with Crippen molar-refractivity contribution >= 4 is 22.8 Å². The summed E-state index contributed by atoms with van der Waals surface area (Å²) in [5.41, 5.74) is 5.15. The fourth-order valence-corrected chi connectivity index (χ4v) is 3.00. The van der Waals surface area contributed by atoms with Crippen molar-refractivity contribution < 1.29 is 4.79 Å². The molecule has 0 bridgehead atoms. The Morgan fingerprint density at radius 2 is 2.04 bits per heavy atom. The van der Waals surface area contributed by atoms with Crippen LogP contribution in [0.1, 0.15) is 27.4 Å². The van der Waals surface area contributed by atoms with Gasteiger partial charge in [-0.3, -0.25) is 14.5 Å². The number of aromatic nitrogens is 6. The Bertz CT molecular complexity index is 1130. The summed E-state index contributed by atoms with van der Waals surface area (Å²) in [6.07, 6.45) is 5.03. The summed E-state index contributed by atoms with van der Waals surface area (Å²) in [6.45, 7) is 4.35. The minimum Gasteiger partial charge on any atom is -0.319 e. The lowest BCUT2D eigenvalue weighted by molar-refractivity contribution is 0.102. The van der Waals surface area contributed by atoms with E-state index >= 15 is 0 Å². The molecule has 4 heterocycles. The van der Waals surface area contributed by atoms with Crippen molar-refractivity contribution in [3.8, 4) is 0 Å². The first kappa shape index (κ1) is 16.9. The molecule has 4 rings (SSSR count). The van der Waals surface area contributed by atoms with Crippen LogP contribution in [-0.2, 0) is 13.6 Å². The zero-order valence-corrected chi connectivity index (χ0v) is 15.3. The molecular weight excluding hydrogens is 342 g/mol. The monoisotopic (exact) mass is 361 g/mol. The third kappa shape index (κ3) is 3.17. The number of nitrogens with one attached hydrogen (secondary N) is 1. The standard InChI is InChI=1S/C19H19N7O/c1-12-17(13(2)25(3)24-12)23-19(27)14-8-16-18(21-9-14)26(11-22-16)10-15-6-4-5-7-20-15/h4-9,11H,10H2,1-3H3,(H,23,27). The number of hydrogen-bond acceptors (Lipinski definition) is 5. The number of nitrogens with zero attached hydrogens (tertiary/aromatic N) is 6. The fourth-order valence-electron chi connectivity index (χ4n) is 3.00. The van der Waals surface area contributed by atoms with Crippen molar-refractivity contribution in [2.45, 2.75) is 20.4 Å². The van der Waals surface area contributed by atoms with E-state index in [1.54, 1.807) is 29.5 Å². The van der Waals surface area contributed by atoms with E-state index in [1.165, 1.54) is 0 Å². The summed E-state index contributed by atoms with van der Waals surface area (Å²) in [4.78, 5) is 25.8. The van der Waals surface area contributed by atoms with Crippen molar-refractivity contribution in [3.63, 3.8) is 0 Å². The summed E-state index contributed by atoms with van der Waals surface area (Å²) in [5.74, 6) is -0.233. The van der Waals surface area contributed by atoms with Gasteiger partial charge in [-0.15, -0.1) is 0 Å². The predicted octanol–water partition coefficient (Wildman–Crippen LogP) is 2.48. The summed E-state index contributed by atoms with van der Waals surface area (Å²) < 4.78 is 3.65. The van der Waals surface area contributed by atoms with Gasteiger partial charge < -0.3 is 9.88 Å². The van der Waals surface area contributed by atoms with Gasteiger partial charge in [0.05, 0.1) is 41.2 Å². The number of pyridine rings is 2. The van der Waals surface area contributed by atoms with Gasteiger partial charge in [0.1, 0.15) is 5.52 Å². The smallest absolute Gasteiger partial charge is 0.257 e. The van der Waals surface area contributed by atoms with E-state index in [9.17, 15) is 4.79 Å². The van der Waals surface area contributed by atoms with E-state index in [1.807, 2.05) is 43.7 Å². The van der Waals surface area contributed by atoms with Crippen molar-refractivity contribution in [3.05, 3.63) is 65.6 Å². The van der Waals surface area contributed by atoms with E-state index in [0.29, 0.717) is 23.3 Å². The highest BCUT2D eigenvalue weighted by Crippen LogP contribution is 2.20. The molecule has 8 nitrogen and oxygen atoms in total. The van der Waals surface area contributed by atoms with Crippen LogP contribution in [0.4, 0.5) is 5.69 Å². The molecule has 0 radical (unpaired) electrons. The van der Waals surface area contributed by atoms with E-state index in [-0.39, 0.29) is 5.91 Å². The Hall–Kier alpha value is -3.55. The highest BCUT2D eigenvalue weighted by Gasteiger charge is 2.15. The van der Waals surface area contributed by atoms with Crippen molar-refractivity contribution in [2.75, 3.05) is 5.32 Å². The van der Waals surface area contributed by atoms with Crippen LogP contribution in [0.3, 0.4) is 0 Å². The number of aryl methyl sites for hydroxylation is 2. The van der Waals surface area contributed by atoms with Gasteiger partial charge in [0.2, 0.25) is 0 Å². The van der Waals surface area contributed by atoms with Crippen LogP contribution in [-0.4, -0.2) is 35.2 Å². The molecule has 0 aliphatic rings. The molecule has 4 aromatic rings. The number of hydrogen-bond donors (Lipinski definition) is 1. The number of carbonyl (C=O) groups is 1. The fraction of sp³-hybridized carbons (Fsp3) is 0.211. The van der Waals surface area contributed by atoms with Crippen LogP contribution in [0.5, 0.6) is 0 Å². The van der Waals surface area contributed by atoms with Crippen LogP contribution < -0.4 is 5.32 Å². The Kier molecular flexibility index (Phi) is 4.15. The second-order valence-electron chi connectivity index (χ2n) is 6.38. The average Bonchev–Trinajstić information content (AvgIpc) is 3.17. The second kappa shape index (κ2) is 6.64. The molecule has 0 aliphatic heterocycles. The lowest BCUT2D eigenvalue weighted by Gasteiger charge is -2.06. The van der Waals surface area contributed by atoms with Crippen molar-refractivity contribution in [2.24, 2.45) is 7.05 Å². The maximum atomic E-state index is 12.6. The zero-order chi connectivity index (χ0) is 19.0. The van der Waals surface area contributed by atoms with Gasteiger partial charge in [-0.2, -0.15) is 5.10 Å². The molecule has 0 spiro atoms. The van der Waals surface area contributed by atoms with E-state index < -0.39 is 0 Å². The van der Waals surface area contributed by atoms with E-state index in [2.05, 4.69) is 25.4 Å². The first-order valence-electron chi connectivity index (χ1n) is 8.55. The van der Waals surface area contributed by atoms with Crippen LogP contribution in [0.2, 0.25) is 0 Å². The third-order valence-electron chi connectivity index (χ3n) is 4.52. The SMILES string of the molecule is Cc1nn(C)c(C)c1NC(=O)c1cnc2c(c1)ncn2Cc1ccccn1. The molecule has 0 aliphatic carbocycles. The largest absolute Gasteiger partial charge is 0.319 e. The quantitative estimate of drug-likeness (QED) is 0.603. The summed E-state index contributed by atoms with van der Waals surface area (Å²) in [5, 5.41) is 7.24. The highest BCUT2D eigenvalue weighted by atomic mass is 16.1. The number of anilines is 1. The van der Waals surface area contributed by atoms with E-state index in [4.69, 9.17) is 0 Å². The van der Waals surface area contributed by atoms with Gasteiger partial charge in [-0.25, -0.2) is 9.97 Å². The Morgan fingerprint density at radius 1 is 1.19 bits per heavy atom. The van der Waals surface area contributed by atoms with Crippen molar-refractivity contribution in [1.29, 1.82) is 0 Å². The Balaban J connectivity index is 1.59. The highest BCUT2D eigenvalue weighted by molar-refractivity contribution is 6.05. The zero-order valence-electron chi connectivity index (χ0n) is 15.3.